The van der Waals surface area contributed by atoms with Gasteiger partial charge in [-0.3, -0.25) is 4.79 Å². The lowest BCUT2D eigenvalue weighted by atomic mass is 9.33. The van der Waals surface area contributed by atoms with Crippen LogP contribution in [0.4, 0.5) is 0 Å². The van der Waals surface area contributed by atoms with Gasteiger partial charge in [-0.1, -0.05) is 76.0 Å². The predicted octanol–water partition coefficient (Wildman–Crippen LogP) is 9.11. The standard InChI is InChI=1S/C35H57BrO3/c1-23-13-18-35(30(38)39-22-10-8-9-21-36)20-19-33(6)25(29(35)24(23)2)11-12-27-32(5)16-15-28(37)31(3,4)26(32)14-17-34(27,33)7/h11,23-24,26-29,37H,8-10,12-22H2,1-7H3/t23-,24+,26+,27-,28+,29+,32+,33-,34-,35+/m1/s1. The Morgan fingerprint density at radius 2 is 1.69 bits per heavy atom. The molecule has 4 heteroatoms. The van der Waals surface area contributed by atoms with Gasteiger partial charge in [-0.15, -0.1) is 0 Å². The number of esters is 1. The summed E-state index contributed by atoms with van der Waals surface area (Å²) < 4.78 is 6.13. The molecule has 5 rings (SSSR count). The molecule has 5 aliphatic rings. The summed E-state index contributed by atoms with van der Waals surface area (Å²) >= 11 is 3.52. The Kier molecular flexibility index (Phi) is 8.05. The van der Waals surface area contributed by atoms with Crippen molar-refractivity contribution in [3.05, 3.63) is 11.6 Å². The van der Waals surface area contributed by atoms with Crippen LogP contribution in [0.2, 0.25) is 0 Å². The molecule has 4 saturated carbocycles. The third-order valence-corrected chi connectivity index (χ3v) is 14.9. The van der Waals surface area contributed by atoms with Gasteiger partial charge in [-0.2, -0.15) is 0 Å². The molecule has 3 nitrogen and oxygen atoms in total. The number of hydrogen-bond donors (Lipinski definition) is 1. The van der Waals surface area contributed by atoms with Crippen LogP contribution < -0.4 is 0 Å². The first-order chi connectivity index (χ1) is 18.3. The minimum Gasteiger partial charge on any atom is -0.465 e. The van der Waals surface area contributed by atoms with Crippen LogP contribution in [-0.2, 0) is 9.53 Å². The molecule has 0 aliphatic heterocycles. The molecule has 0 spiro atoms. The molecule has 0 radical (unpaired) electrons. The maximum Gasteiger partial charge on any atom is 0.312 e. The highest BCUT2D eigenvalue weighted by atomic mass is 79.9. The lowest BCUT2D eigenvalue weighted by molar-refractivity contribution is -0.207. The van der Waals surface area contributed by atoms with E-state index in [2.05, 4.69) is 70.5 Å². The number of aliphatic hydroxyl groups excluding tert-OH is 1. The summed E-state index contributed by atoms with van der Waals surface area (Å²) in [7, 11) is 0. The SMILES string of the molecule is C[C@H]1[C@H](C)CC[C@]2(C(=O)OCCCCCBr)CC[C@]3(C)C(=CC[C@@H]4[C@@]5(C)CC[C@H](O)C(C)(C)[C@@H]5CC[C@]43C)[C@H]12. The topological polar surface area (TPSA) is 46.5 Å². The molecule has 10 atom stereocenters. The number of unbranched alkanes of at least 4 members (excludes halogenated alkanes) is 2. The molecule has 5 aliphatic carbocycles. The minimum absolute atomic E-state index is 0.0213. The Morgan fingerprint density at radius 3 is 2.41 bits per heavy atom. The van der Waals surface area contributed by atoms with E-state index >= 15 is 0 Å². The van der Waals surface area contributed by atoms with Gasteiger partial charge in [0.15, 0.2) is 0 Å². The van der Waals surface area contributed by atoms with Crippen LogP contribution in [0.3, 0.4) is 0 Å². The van der Waals surface area contributed by atoms with E-state index < -0.39 is 0 Å². The van der Waals surface area contributed by atoms with E-state index in [0.29, 0.717) is 36.2 Å². The summed E-state index contributed by atoms with van der Waals surface area (Å²) in [6.07, 6.45) is 15.6. The number of allylic oxidation sites excluding steroid dienone is 2. The number of rotatable bonds is 6. The largest absolute Gasteiger partial charge is 0.465 e. The Bertz CT molecular complexity index is 973. The van der Waals surface area contributed by atoms with Gasteiger partial charge in [0.2, 0.25) is 0 Å². The van der Waals surface area contributed by atoms with E-state index in [1.165, 1.54) is 12.8 Å². The van der Waals surface area contributed by atoms with Crippen LogP contribution in [0, 0.1) is 56.7 Å². The average molecular weight is 606 g/mol. The van der Waals surface area contributed by atoms with Crippen molar-refractivity contribution in [3.63, 3.8) is 0 Å². The zero-order valence-corrected chi connectivity index (χ0v) is 27.7. The Labute approximate surface area is 247 Å². The van der Waals surface area contributed by atoms with Gasteiger partial charge in [-0.05, 0) is 128 Å². The number of fused-ring (bicyclic) bond motifs is 7. The zero-order chi connectivity index (χ0) is 28.4. The summed E-state index contributed by atoms with van der Waals surface area (Å²) in [6.45, 7) is 17.9. The fraction of sp³-hybridized carbons (Fsp3) is 0.914. The summed E-state index contributed by atoms with van der Waals surface area (Å²) in [6, 6.07) is 0. The smallest absolute Gasteiger partial charge is 0.312 e. The summed E-state index contributed by atoms with van der Waals surface area (Å²) in [4.78, 5) is 14.0. The Morgan fingerprint density at radius 1 is 0.949 bits per heavy atom. The Balaban J connectivity index is 1.50. The van der Waals surface area contributed by atoms with E-state index in [0.717, 1.165) is 69.5 Å². The second-order valence-corrected chi connectivity index (χ2v) is 16.9. The number of alkyl halides is 1. The second kappa shape index (κ2) is 10.4. The molecule has 0 aromatic heterocycles. The monoisotopic (exact) mass is 604 g/mol. The fourth-order valence-electron chi connectivity index (χ4n) is 11.5. The second-order valence-electron chi connectivity index (χ2n) is 16.1. The minimum atomic E-state index is -0.339. The summed E-state index contributed by atoms with van der Waals surface area (Å²) in [5.74, 6) is 2.76. The number of carbonyl (C=O) groups excluding carboxylic acids is 1. The molecule has 0 bridgehead atoms. The van der Waals surface area contributed by atoms with Crippen LogP contribution in [0.25, 0.3) is 0 Å². The van der Waals surface area contributed by atoms with Crippen LogP contribution in [0.1, 0.15) is 126 Å². The number of ether oxygens (including phenoxy) is 1. The van der Waals surface area contributed by atoms with Crippen LogP contribution in [0.15, 0.2) is 11.6 Å². The zero-order valence-electron chi connectivity index (χ0n) is 26.1. The van der Waals surface area contributed by atoms with Gasteiger partial charge >= 0.3 is 5.97 Å². The van der Waals surface area contributed by atoms with Crippen LogP contribution in [0.5, 0.6) is 0 Å². The number of carbonyl (C=O) groups is 1. The first kappa shape index (κ1) is 30.1. The van der Waals surface area contributed by atoms with Gasteiger partial charge in [0, 0.05) is 5.33 Å². The highest BCUT2D eigenvalue weighted by molar-refractivity contribution is 9.09. The van der Waals surface area contributed by atoms with Crippen LogP contribution >= 0.6 is 15.9 Å². The van der Waals surface area contributed by atoms with Gasteiger partial charge < -0.3 is 9.84 Å². The van der Waals surface area contributed by atoms with Crippen LogP contribution in [-0.4, -0.2) is 29.1 Å². The summed E-state index contributed by atoms with van der Waals surface area (Å²) in [5, 5.41) is 12.0. The molecule has 222 valence electrons. The number of aliphatic hydroxyl groups is 1. The predicted molar refractivity (Wildman–Crippen MR) is 164 cm³/mol. The molecule has 39 heavy (non-hydrogen) atoms. The molecule has 0 saturated heterocycles. The van der Waals surface area contributed by atoms with Gasteiger partial charge in [0.25, 0.3) is 0 Å². The molecular formula is C35H57BrO3. The third-order valence-electron chi connectivity index (χ3n) is 14.4. The van der Waals surface area contributed by atoms with E-state index in [4.69, 9.17) is 4.74 Å². The highest BCUT2D eigenvalue weighted by Crippen LogP contribution is 2.75. The summed E-state index contributed by atoms with van der Waals surface area (Å²) in [5.41, 5.74) is 1.88. The average Bonchev–Trinajstić information content (AvgIpc) is 2.89. The van der Waals surface area contributed by atoms with Crippen molar-refractivity contribution < 1.29 is 14.6 Å². The van der Waals surface area contributed by atoms with E-state index in [1.54, 1.807) is 5.57 Å². The van der Waals surface area contributed by atoms with Gasteiger partial charge in [0.05, 0.1) is 18.1 Å². The fourth-order valence-corrected chi connectivity index (χ4v) is 11.9. The van der Waals surface area contributed by atoms with Crippen molar-refractivity contribution in [3.8, 4) is 0 Å². The van der Waals surface area contributed by atoms with Crippen molar-refractivity contribution in [2.45, 2.75) is 132 Å². The van der Waals surface area contributed by atoms with Crippen molar-refractivity contribution in [2.24, 2.45) is 56.7 Å². The third kappa shape index (κ3) is 4.29. The van der Waals surface area contributed by atoms with E-state index in [-0.39, 0.29) is 39.1 Å². The molecule has 4 fully saturated rings. The maximum atomic E-state index is 14.0. The first-order valence-corrected chi connectivity index (χ1v) is 17.5. The molecule has 0 aromatic rings. The number of hydrogen-bond acceptors (Lipinski definition) is 3. The van der Waals surface area contributed by atoms with Crippen molar-refractivity contribution in [2.75, 3.05) is 11.9 Å². The lowest BCUT2D eigenvalue weighted by Crippen LogP contribution is -2.65. The van der Waals surface area contributed by atoms with Gasteiger partial charge in [0.1, 0.15) is 0 Å². The van der Waals surface area contributed by atoms with Gasteiger partial charge in [-0.25, -0.2) is 0 Å². The number of halogens is 1. The Hall–Kier alpha value is -0.350. The maximum absolute atomic E-state index is 14.0. The highest BCUT2D eigenvalue weighted by Gasteiger charge is 2.69. The van der Waals surface area contributed by atoms with Crippen molar-refractivity contribution >= 4 is 21.9 Å². The molecule has 0 aromatic carbocycles. The quantitative estimate of drug-likeness (QED) is 0.142. The molecule has 0 amide bonds. The van der Waals surface area contributed by atoms with E-state index in [1.807, 2.05) is 0 Å². The first-order valence-electron chi connectivity index (χ1n) is 16.4. The van der Waals surface area contributed by atoms with E-state index in [9.17, 15) is 9.90 Å². The molecule has 0 unspecified atom stereocenters. The molecule has 1 N–H and O–H groups in total. The molecular weight excluding hydrogens is 548 g/mol. The molecule has 0 heterocycles. The lowest BCUT2D eigenvalue weighted by Gasteiger charge is -2.71. The van der Waals surface area contributed by atoms with Crippen molar-refractivity contribution in [1.29, 1.82) is 0 Å². The van der Waals surface area contributed by atoms with Crippen molar-refractivity contribution in [1.82, 2.24) is 0 Å². The normalized spacial score (nSPS) is 48.6.